The number of amides is 1. The topological polar surface area (TPSA) is 55.8 Å². The number of methoxy groups -OCH3 is 1. The molecule has 1 amide bonds. The maximum absolute atomic E-state index is 14.3. The number of ether oxygens (including phenoxy) is 2. The number of halogens is 1. The van der Waals surface area contributed by atoms with Crippen LogP contribution in [0.5, 0.6) is 0 Å². The van der Waals surface area contributed by atoms with E-state index in [1.165, 1.54) is 13.2 Å². The smallest absolute Gasteiger partial charge is 0.349 e. The van der Waals surface area contributed by atoms with Crippen LogP contribution in [0.1, 0.15) is 27.7 Å². The third-order valence-electron chi connectivity index (χ3n) is 5.02. The molecule has 2 heterocycles. The van der Waals surface area contributed by atoms with Crippen LogP contribution in [-0.4, -0.2) is 31.6 Å². The molecule has 0 saturated carbocycles. The minimum atomic E-state index is -0.959. The van der Waals surface area contributed by atoms with Crippen LogP contribution in [0, 0.1) is 5.82 Å². The van der Waals surface area contributed by atoms with E-state index in [4.69, 9.17) is 9.47 Å². The molecule has 1 aromatic heterocycles. The summed E-state index contributed by atoms with van der Waals surface area (Å²) in [6, 6.07) is 12.4. The molecule has 1 aliphatic heterocycles. The summed E-state index contributed by atoms with van der Waals surface area (Å²) in [7, 11) is 1.48. The quantitative estimate of drug-likeness (QED) is 0.585. The minimum Gasteiger partial charge on any atom is -0.448 e. The number of fused-ring (bicyclic) bond motifs is 2. The van der Waals surface area contributed by atoms with Gasteiger partial charge in [0, 0.05) is 35.0 Å². The van der Waals surface area contributed by atoms with Crippen molar-refractivity contribution in [1.29, 1.82) is 0 Å². The average molecular weight is 413 g/mol. The van der Waals surface area contributed by atoms with E-state index < -0.39 is 17.9 Å². The first-order valence-electron chi connectivity index (χ1n) is 9.30. The first-order valence-corrected chi connectivity index (χ1v) is 10.1. The van der Waals surface area contributed by atoms with Crippen LogP contribution in [0.3, 0.4) is 0 Å². The molecule has 0 aliphatic carbocycles. The Morgan fingerprint density at radius 2 is 2.00 bits per heavy atom. The molecule has 1 atom stereocenters. The summed E-state index contributed by atoms with van der Waals surface area (Å²) in [6.07, 6.45) is -0.185. The summed E-state index contributed by atoms with van der Waals surface area (Å²) in [4.78, 5) is 27.6. The molecule has 1 aliphatic rings. The van der Waals surface area contributed by atoms with Crippen LogP contribution in [0.4, 0.5) is 10.1 Å². The van der Waals surface area contributed by atoms with Crippen molar-refractivity contribution in [3.8, 4) is 0 Å². The zero-order valence-electron chi connectivity index (χ0n) is 16.1. The summed E-state index contributed by atoms with van der Waals surface area (Å²) >= 11 is 1.14. The van der Waals surface area contributed by atoms with E-state index in [2.05, 4.69) is 0 Å². The molecule has 3 aromatic rings. The van der Waals surface area contributed by atoms with E-state index in [1.807, 2.05) is 24.3 Å². The second-order valence-electron chi connectivity index (χ2n) is 6.87. The van der Waals surface area contributed by atoms with Gasteiger partial charge in [-0.2, -0.15) is 0 Å². The number of thiophene rings is 1. The normalized spacial score (nSPS) is 14.1. The van der Waals surface area contributed by atoms with Crippen molar-refractivity contribution in [2.45, 2.75) is 26.1 Å². The van der Waals surface area contributed by atoms with Gasteiger partial charge < -0.3 is 14.4 Å². The monoisotopic (exact) mass is 413 g/mol. The Morgan fingerprint density at radius 3 is 2.79 bits per heavy atom. The molecular formula is C22H20FNO4S. The molecule has 0 unspecified atom stereocenters. The summed E-state index contributed by atoms with van der Waals surface area (Å²) in [5.41, 5.74) is 2.40. The SMILES string of the molecule is COCc1c(C(=O)O[C@H](C)C(=O)N2CCc3ccccc32)sc2cccc(F)c12. The van der Waals surface area contributed by atoms with Gasteiger partial charge in [-0.3, -0.25) is 4.79 Å². The lowest BCUT2D eigenvalue weighted by Crippen LogP contribution is -2.39. The van der Waals surface area contributed by atoms with Gasteiger partial charge in [-0.05, 0) is 37.1 Å². The zero-order chi connectivity index (χ0) is 20.5. The standard InChI is InChI=1S/C22H20FNO4S/c1-13(21(25)24-11-10-14-6-3-4-8-17(14)24)28-22(26)20-15(12-27-2)19-16(23)7-5-9-18(19)29-20/h3-9,13H,10-12H2,1-2H3/t13-/m1/s1. The molecule has 0 fully saturated rings. The Hall–Kier alpha value is -2.77. The number of para-hydroxylation sites is 1. The van der Waals surface area contributed by atoms with Crippen molar-refractivity contribution in [3.05, 3.63) is 64.3 Å². The van der Waals surface area contributed by atoms with Gasteiger partial charge in [-0.25, -0.2) is 9.18 Å². The van der Waals surface area contributed by atoms with Gasteiger partial charge in [0.1, 0.15) is 10.7 Å². The van der Waals surface area contributed by atoms with Gasteiger partial charge in [-0.15, -0.1) is 11.3 Å². The summed E-state index contributed by atoms with van der Waals surface area (Å²) in [6.45, 7) is 2.20. The van der Waals surface area contributed by atoms with Crippen molar-refractivity contribution in [3.63, 3.8) is 0 Å². The summed E-state index contributed by atoms with van der Waals surface area (Å²) in [5.74, 6) is -1.34. The highest BCUT2D eigenvalue weighted by Crippen LogP contribution is 2.35. The van der Waals surface area contributed by atoms with Gasteiger partial charge in [0.15, 0.2) is 6.10 Å². The second-order valence-corrected chi connectivity index (χ2v) is 7.92. The summed E-state index contributed by atoms with van der Waals surface area (Å²) < 4.78 is 25.6. The van der Waals surface area contributed by atoms with Crippen molar-refractivity contribution < 1.29 is 23.5 Å². The van der Waals surface area contributed by atoms with E-state index in [9.17, 15) is 14.0 Å². The number of esters is 1. The third-order valence-corrected chi connectivity index (χ3v) is 6.20. The van der Waals surface area contributed by atoms with Crippen molar-refractivity contribution in [1.82, 2.24) is 0 Å². The predicted molar refractivity (Wildman–Crippen MR) is 110 cm³/mol. The zero-order valence-corrected chi connectivity index (χ0v) is 16.9. The largest absolute Gasteiger partial charge is 0.448 e. The van der Waals surface area contributed by atoms with Gasteiger partial charge in [0.05, 0.1) is 6.61 Å². The van der Waals surface area contributed by atoms with E-state index in [0.717, 1.165) is 29.0 Å². The number of hydrogen-bond donors (Lipinski definition) is 0. The number of benzene rings is 2. The van der Waals surface area contributed by atoms with Crippen LogP contribution < -0.4 is 4.90 Å². The van der Waals surface area contributed by atoms with Gasteiger partial charge in [0.25, 0.3) is 5.91 Å². The fourth-order valence-corrected chi connectivity index (χ4v) is 4.77. The number of anilines is 1. The number of rotatable bonds is 5. The maximum atomic E-state index is 14.3. The number of carbonyl (C=O) groups is 2. The molecule has 7 heteroatoms. The number of nitrogens with zero attached hydrogens (tertiary/aromatic N) is 1. The molecule has 4 rings (SSSR count). The van der Waals surface area contributed by atoms with Crippen LogP contribution >= 0.6 is 11.3 Å². The first-order chi connectivity index (χ1) is 14.0. The Bertz CT molecular complexity index is 1090. The number of carbonyl (C=O) groups excluding carboxylic acids is 2. The maximum Gasteiger partial charge on any atom is 0.349 e. The van der Waals surface area contributed by atoms with E-state index >= 15 is 0 Å². The first kappa shape index (κ1) is 19.5. The number of hydrogen-bond acceptors (Lipinski definition) is 5. The van der Waals surface area contributed by atoms with Crippen molar-refractivity contribution >= 4 is 39.0 Å². The van der Waals surface area contributed by atoms with Crippen LogP contribution in [0.15, 0.2) is 42.5 Å². The lowest BCUT2D eigenvalue weighted by molar-refractivity contribution is -0.126. The highest BCUT2D eigenvalue weighted by atomic mass is 32.1. The molecule has 29 heavy (non-hydrogen) atoms. The Morgan fingerprint density at radius 1 is 1.21 bits per heavy atom. The molecule has 0 radical (unpaired) electrons. The van der Waals surface area contributed by atoms with E-state index in [1.54, 1.807) is 24.0 Å². The molecule has 0 saturated heterocycles. The average Bonchev–Trinajstić information content (AvgIpc) is 3.30. The minimum absolute atomic E-state index is 0.0766. The molecule has 2 aromatic carbocycles. The Kier molecular flexibility index (Phi) is 5.34. The fraction of sp³-hybridized carbons (Fsp3) is 0.273. The van der Waals surface area contributed by atoms with Gasteiger partial charge in [0.2, 0.25) is 0 Å². The van der Waals surface area contributed by atoms with Crippen LogP contribution in [0.25, 0.3) is 10.1 Å². The van der Waals surface area contributed by atoms with Crippen LogP contribution in [0.2, 0.25) is 0 Å². The van der Waals surface area contributed by atoms with Crippen molar-refractivity contribution in [2.75, 3.05) is 18.6 Å². The van der Waals surface area contributed by atoms with Gasteiger partial charge >= 0.3 is 5.97 Å². The molecule has 0 bridgehead atoms. The van der Waals surface area contributed by atoms with Crippen LogP contribution in [-0.2, 0) is 27.3 Å². The third kappa shape index (κ3) is 3.52. The lowest BCUT2D eigenvalue weighted by atomic mass is 10.1. The lowest BCUT2D eigenvalue weighted by Gasteiger charge is -2.21. The highest BCUT2D eigenvalue weighted by molar-refractivity contribution is 7.21. The predicted octanol–water partition coefficient (Wildman–Crippen LogP) is 4.32. The molecule has 0 spiro atoms. The fourth-order valence-electron chi connectivity index (χ4n) is 3.67. The Balaban J connectivity index is 1.57. The molecule has 5 nitrogen and oxygen atoms in total. The Labute approximate surface area is 171 Å². The summed E-state index contributed by atoms with van der Waals surface area (Å²) in [5, 5.41) is 0.360. The highest BCUT2D eigenvalue weighted by Gasteiger charge is 2.31. The molecular weight excluding hydrogens is 393 g/mol. The van der Waals surface area contributed by atoms with Crippen molar-refractivity contribution in [2.24, 2.45) is 0 Å². The molecule has 0 N–H and O–H groups in total. The van der Waals surface area contributed by atoms with Gasteiger partial charge in [-0.1, -0.05) is 24.3 Å². The van der Waals surface area contributed by atoms with E-state index in [0.29, 0.717) is 22.2 Å². The van der Waals surface area contributed by atoms with E-state index in [-0.39, 0.29) is 17.4 Å². The second kappa shape index (κ2) is 7.93. The molecule has 150 valence electrons.